The van der Waals surface area contributed by atoms with Gasteiger partial charge < -0.3 is 23.8 Å². The summed E-state index contributed by atoms with van der Waals surface area (Å²) in [5.74, 6) is -1.79. The fourth-order valence-electron chi connectivity index (χ4n) is 3.04. The molecular weight excluding hydrogens is 422 g/mol. The van der Waals surface area contributed by atoms with Crippen LogP contribution in [0.25, 0.3) is 0 Å². The normalized spacial score (nSPS) is 14.3. The van der Waals surface area contributed by atoms with E-state index >= 15 is 0 Å². The molecule has 0 atom stereocenters. The van der Waals surface area contributed by atoms with Crippen molar-refractivity contribution < 1.29 is 43.0 Å². The number of carbonyl (C=O) groups is 4. The number of Topliss-reactive ketones (excluding diaryl/α,β-unsaturated/α-hetero) is 1. The van der Waals surface area contributed by atoms with Crippen LogP contribution in [0.15, 0.2) is 0 Å². The lowest BCUT2D eigenvalue weighted by atomic mass is 9.92. The Hall–Kier alpha value is -1.88. The molecule has 0 spiro atoms. The molecule has 0 unspecified atom stereocenters. The van der Waals surface area contributed by atoms with E-state index < -0.39 is 23.2 Å². The third-order valence-corrected chi connectivity index (χ3v) is 4.81. The van der Waals surface area contributed by atoms with E-state index in [2.05, 4.69) is 0 Å². The maximum atomic E-state index is 12.1. The predicted octanol–water partition coefficient (Wildman–Crippen LogP) is 1.84. The molecule has 32 heavy (non-hydrogen) atoms. The smallest absolute Gasteiger partial charge is 0.333 e. The number of rotatable bonds is 19. The predicted molar refractivity (Wildman–Crippen MR) is 113 cm³/mol. The molecule has 184 valence electrons. The number of amides is 2. The zero-order valence-electron chi connectivity index (χ0n) is 19.5. The topological polar surface area (TPSA) is 118 Å². The van der Waals surface area contributed by atoms with Crippen molar-refractivity contribution in [2.24, 2.45) is 5.41 Å². The molecule has 1 aliphatic heterocycles. The lowest BCUT2D eigenvalue weighted by Gasteiger charge is -2.32. The van der Waals surface area contributed by atoms with Crippen molar-refractivity contribution in [2.75, 3.05) is 52.9 Å². The van der Waals surface area contributed by atoms with E-state index in [4.69, 9.17) is 23.8 Å². The third-order valence-electron chi connectivity index (χ3n) is 4.81. The summed E-state index contributed by atoms with van der Waals surface area (Å²) in [6.07, 6.45) is 0.715. The van der Waals surface area contributed by atoms with Gasteiger partial charge in [0, 0.05) is 51.9 Å². The molecule has 1 saturated heterocycles. The van der Waals surface area contributed by atoms with E-state index in [1.54, 1.807) is 0 Å². The number of hydrogen-bond acceptors (Lipinski definition) is 9. The number of nitrogens with zero attached hydrogens (tertiary/aromatic N) is 1. The van der Waals surface area contributed by atoms with Crippen LogP contribution in [-0.2, 0) is 43.0 Å². The maximum absolute atomic E-state index is 12.1. The molecule has 0 N–H and O–H groups in total. The molecule has 0 bridgehead atoms. The average Bonchev–Trinajstić information content (AvgIpc) is 3.09. The van der Waals surface area contributed by atoms with Gasteiger partial charge >= 0.3 is 5.97 Å². The van der Waals surface area contributed by atoms with Gasteiger partial charge in [0.2, 0.25) is 0 Å². The molecule has 0 aromatic heterocycles. The van der Waals surface area contributed by atoms with E-state index in [0.717, 1.165) is 0 Å². The maximum Gasteiger partial charge on any atom is 0.333 e. The van der Waals surface area contributed by atoms with Crippen LogP contribution in [0.5, 0.6) is 0 Å². The number of hydrogen-bond donors (Lipinski definition) is 0. The Morgan fingerprint density at radius 1 is 0.781 bits per heavy atom. The minimum absolute atomic E-state index is 0.0452. The van der Waals surface area contributed by atoms with Gasteiger partial charge in [-0.15, -0.1) is 5.06 Å². The van der Waals surface area contributed by atoms with Gasteiger partial charge in [0.25, 0.3) is 11.8 Å². The second-order valence-electron chi connectivity index (χ2n) is 7.65. The van der Waals surface area contributed by atoms with Crippen LogP contribution in [0.3, 0.4) is 0 Å². The standard InChI is InChI=1S/C22H37NO9/c1-4-28-14-22(15-29-5-2,16-30-6-3)17-31-13-12-18(24)8-7-9-21(27)32-23-19(25)10-11-20(23)26/h4-17H2,1-3H3. The molecular formula is C22H37NO9. The van der Waals surface area contributed by atoms with Crippen LogP contribution >= 0.6 is 0 Å². The highest BCUT2D eigenvalue weighted by molar-refractivity contribution is 6.01. The van der Waals surface area contributed by atoms with Gasteiger partial charge in [0.05, 0.1) is 38.4 Å². The van der Waals surface area contributed by atoms with Crippen molar-refractivity contribution in [1.82, 2.24) is 5.06 Å². The summed E-state index contributed by atoms with van der Waals surface area (Å²) in [5, 5.41) is 0.511. The van der Waals surface area contributed by atoms with Crippen molar-refractivity contribution in [2.45, 2.75) is 59.3 Å². The summed E-state index contributed by atoms with van der Waals surface area (Å²) in [6.45, 7) is 9.34. The summed E-state index contributed by atoms with van der Waals surface area (Å²) in [5.41, 5.74) is -0.445. The second-order valence-corrected chi connectivity index (χ2v) is 7.65. The Labute approximate surface area is 189 Å². The fraction of sp³-hybridized carbons (Fsp3) is 0.818. The van der Waals surface area contributed by atoms with Crippen molar-refractivity contribution in [1.29, 1.82) is 0 Å². The van der Waals surface area contributed by atoms with Crippen LogP contribution in [-0.4, -0.2) is 81.5 Å². The van der Waals surface area contributed by atoms with Crippen LogP contribution in [0.1, 0.15) is 59.3 Å². The monoisotopic (exact) mass is 459 g/mol. The lowest BCUT2D eigenvalue weighted by Crippen LogP contribution is -2.42. The Morgan fingerprint density at radius 2 is 1.28 bits per heavy atom. The van der Waals surface area contributed by atoms with Crippen LogP contribution < -0.4 is 0 Å². The summed E-state index contributed by atoms with van der Waals surface area (Å²) in [7, 11) is 0. The molecule has 10 nitrogen and oxygen atoms in total. The first kappa shape index (κ1) is 28.2. The van der Waals surface area contributed by atoms with Gasteiger partial charge in [0.1, 0.15) is 5.78 Å². The van der Waals surface area contributed by atoms with E-state index in [1.807, 2.05) is 20.8 Å². The molecule has 0 radical (unpaired) electrons. The third kappa shape index (κ3) is 10.6. The SMILES string of the molecule is CCOCC(COCC)(COCC)COCCC(=O)CCCC(=O)ON1C(=O)CCC1=O. The molecule has 0 aliphatic carbocycles. The zero-order valence-corrected chi connectivity index (χ0v) is 19.5. The Morgan fingerprint density at radius 3 is 1.78 bits per heavy atom. The Kier molecular flexibility index (Phi) is 13.9. The number of carbonyl (C=O) groups excluding carboxylic acids is 4. The number of hydroxylamine groups is 2. The minimum atomic E-state index is -0.704. The summed E-state index contributed by atoms with van der Waals surface area (Å²) in [6, 6.07) is 0. The van der Waals surface area contributed by atoms with E-state index in [1.165, 1.54) is 0 Å². The lowest BCUT2D eigenvalue weighted by molar-refractivity contribution is -0.197. The average molecular weight is 460 g/mol. The zero-order chi connectivity index (χ0) is 23.8. The van der Waals surface area contributed by atoms with E-state index in [0.29, 0.717) is 51.3 Å². The van der Waals surface area contributed by atoms with Gasteiger partial charge in [-0.05, 0) is 27.2 Å². The number of ketones is 1. The number of ether oxygens (including phenoxy) is 4. The fourth-order valence-corrected chi connectivity index (χ4v) is 3.04. The Bertz CT molecular complexity index is 570. The Balaban J connectivity index is 2.32. The highest BCUT2D eigenvalue weighted by Gasteiger charge is 2.33. The molecule has 0 saturated carbocycles. The molecule has 0 aromatic carbocycles. The highest BCUT2D eigenvalue weighted by Crippen LogP contribution is 2.21. The van der Waals surface area contributed by atoms with Gasteiger partial charge in [-0.3, -0.25) is 14.4 Å². The second kappa shape index (κ2) is 15.8. The first-order valence-electron chi connectivity index (χ1n) is 11.3. The van der Waals surface area contributed by atoms with E-state index in [9.17, 15) is 19.2 Å². The highest BCUT2D eigenvalue weighted by atomic mass is 16.7. The number of imide groups is 1. The quantitative estimate of drug-likeness (QED) is 0.211. The van der Waals surface area contributed by atoms with Crippen molar-refractivity contribution in [3.63, 3.8) is 0 Å². The van der Waals surface area contributed by atoms with Crippen molar-refractivity contribution >= 4 is 23.6 Å². The van der Waals surface area contributed by atoms with Crippen molar-refractivity contribution in [3.8, 4) is 0 Å². The van der Waals surface area contributed by atoms with E-state index in [-0.39, 0.29) is 50.9 Å². The molecule has 1 aliphatic rings. The molecule has 10 heteroatoms. The van der Waals surface area contributed by atoms with Crippen LogP contribution in [0.2, 0.25) is 0 Å². The first-order chi connectivity index (χ1) is 15.4. The summed E-state index contributed by atoms with van der Waals surface area (Å²) in [4.78, 5) is 51.5. The van der Waals surface area contributed by atoms with Crippen LogP contribution in [0, 0.1) is 5.41 Å². The van der Waals surface area contributed by atoms with Gasteiger partial charge in [-0.2, -0.15) is 0 Å². The van der Waals surface area contributed by atoms with Gasteiger partial charge in [0.15, 0.2) is 0 Å². The molecule has 2 amide bonds. The van der Waals surface area contributed by atoms with Gasteiger partial charge in [-0.1, -0.05) is 0 Å². The van der Waals surface area contributed by atoms with Crippen molar-refractivity contribution in [3.05, 3.63) is 0 Å². The summed E-state index contributed by atoms with van der Waals surface area (Å²) < 4.78 is 22.6. The van der Waals surface area contributed by atoms with Gasteiger partial charge in [-0.25, -0.2) is 4.79 Å². The molecule has 1 rings (SSSR count). The first-order valence-corrected chi connectivity index (χ1v) is 11.3. The molecule has 0 aromatic rings. The molecule has 1 fully saturated rings. The summed E-state index contributed by atoms with van der Waals surface area (Å²) >= 11 is 0. The molecule has 1 heterocycles. The largest absolute Gasteiger partial charge is 0.381 e. The minimum Gasteiger partial charge on any atom is -0.381 e. The van der Waals surface area contributed by atoms with Crippen LogP contribution in [0.4, 0.5) is 0 Å².